The number of carboxylic acids is 1. The van der Waals surface area contributed by atoms with Crippen LogP contribution in [0, 0.1) is 0 Å². The van der Waals surface area contributed by atoms with E-state index in [1.54, 1.807) is 18.2 Å². The monoisotopic (exact) mass is 347 g/mol. The van der Waals surface area contributed by atoms with Gasteiger partial charge in [-0.15, -0.1) is 0 Å². The number of aromatic carboxylic acids is 1. The van der Waals surface area contributed by atoms with Gasteiger partial charge < -0.3 is 9.67 Å². The smallest absolute Gasteiger partial charge is 0.406 e. The highest BCUT2D eigenvalue weighted by Crippen LogP contribution is 2.30. The molecule has 3 nitrogen and oxygen atoms in total. The Morgan fingerprint density at radius 3 is 2.48 bits per heavy atom. The van der Waals surface area contributed by atoms with Gasteiger partial charge in [0, 0.05) is 17.1 Å². The molecule has 0 bridgehead atoms. The van der Waals surface area contributed by atoms with Gasteiger partial charge in [-0.3, -0.25) is 0 Å². The van der Waals surface area contributed by atoms with E-state index in [1.807, 2.05) is 31.2 Å². The normalized spacial score (nSPS) is 11.8. The lowest BCUT2D eigenvalue weighted by atomic mass is 10.0. The van der Waals surface area contributed by atoms with E-state index in [0.29, 0.717) is 5.39 Å². The Morgan fingerprint density at radius 2 is 1.84 bits per heavy atom. The maximum Gasteiger partial charge on any atom is 0.406 e. The number of hydrogen-bond donors (Lipinski definition) is 1. The maximum atomic E-state index is 12.8. The van der Waals surface area contributed by atoms with Crippen molar-refractivity contribution in [1.29, 1.82) is 0 Å². The minimum Gasteiger partial charge on any atom is -0.478 e. The van der Waals surface area contributed by atoms with Crippen LogP contribution in [0.25, 0.3) is 22.0 Å². The van der Waals surface area contributed by atoms with Crippen LogP contribution in [0.5, 0.6) is 0 Å². The molecule has 2 aromatic carbocycles. The van der Waals surface area contributed by atoms with Crippen LogP contribution in [-0.4, -0.2) is 21.8 Å². The molecule has 130 valence electrons. The Balaban J connectivity index is 2.17. The van der Waals surface area contributed by atoms with Crippen molar-refractivity contribution in [2.75, 3.05) is 0 Å². The minimum atomic E-state index is -4.43. The topological polar surface area (TPSA) is 42.2 Å². The molecule has 1 N–H and O–H groups in total. The molecule has 0 amide bonds. The van der Waals surface area contributed by atoms with Gasteiger partial charge in [-0.1, -0.05) is 43.3 Å². The van der Waals surface area contributed by atoms with Crippen molar-refractivity contribution in [1.82, 2.24) is 4.57 Å². The maximum absolute atomic E-state index is 12.8. The lowest BCUT2D eigenvalue weighted by Gasteiger charge is -2.10. The molecule has 0 aliphatic rings. The van der Waals surface area contributed by atoms with Crippen molar-refractivity contribution in [3.63, 3.8) is 0 Å². The molecule has 0 aliphatic carbocycles. The average Bonchev–Trinajstić information content (AvgIpc) is 2.91. The van der Waals surface area contributed by atoms with Gasteiger partial charge in [-0.25, -0.2) is 4.79 Å². The summed E-state index contributed by atoms with van der Waals surface area (Å²) in [5.41, 5.74) is 2.89. The molecule has 3 rings (SSSR count). The van der Waals surface area contributed by atoms with E-state index in [9.17, 15) is 23.1 Å². The lowest BCUT2D eigenvalue weighted by molar-refractivity contribution is -0.139. The highest BCUT2D eigenvalue weighted by Gasteiger charge is 2.29. The van der Waals surface area contributed by atoms with E-state index in [0.717, 1.165) is 33.9 Å². The molecular formula is C19H16F3NO2. The van der Waals surface area contributed by atoms with Gasteiger partial charge in [0.1, 0.15) is 6.54 Å². The molecular weight excluding hydrogens is 331 g/mol. The fourth-order valence-electron chi connectivity index (χ4n) is 2.94. The molecule has 1 aromatic heterocycles. The zero-order valence-electron chi connectivity index (χ0n) is 13.5. The predicted octanol–water partition coefficient (Wildman–Crippen LogP) is 5.13. The molecule has 1 heterocycles. The van der Waals surface area contributed by atoms with Crippen molar-refractivity contribution < 1.29 is 23.1 Å². The van der Waals surface area contributed by atoms with Gasteiger partial charge >= 0.3 is 12.1 Å². The Hall–Kier alpha value is -2.76. The quantitative estimate of drug-likeness (QED) is 0.711. The number of carboxylic acid groups (broad SMARTS) is 1. The molecule has 0 aliphatic heterocycles. The van der Waals surface area contributed by atoms with Crippen LogP contribution in [0.2, 0.25) is 0 Å². The fraction of sp³-hybridized carbons (Fsp3) is 0.211. The first kappa shape index (κ1) is 17.1. The molecule has 0 saturated heterocycles. The molecule has 0 atom stereocenters. The molecule has 0 radical (unpaired) electrons. The molecule has 0 saturated carbocycles. The first-order chi connectivity index (χ1) is 11.8. The number of aryl methyl sites for hydroxylation is 1. The van der Waals surface area contributed by atoms with Gasteiger partial charge in [0.05, 0.1) is 5.56 Å². The summed E-state index contributed by atoms with van der Waals surface area (Å²) in [5.74, 6) is -1.24. The number of halogens is 3. The van der Waals surface area contributed by atoms with Gasteiger partial charge in [0.15, 0.2) is 0 Å². The number of fused-ring (bicyclic) bond motifs is 1. The van der Waals surface area contributed by atoms with Crippen LogP contribution in [0.15, 0.2) is 48.7 Å². The first-order valence-electron chi connectivity index (χ1n) is 7.81. The predicted molar refractivity (Wildman–Crippen MR) is 89.8 cm³/mol. The second kappa shape index (κ2) is 6.27. The number of alkyl halides is 3. The summed E-state index contributed by atoms with van der Waals surface area (Å²) in [5, 5.41) is 9.55. The zero-order chi connectivity index (χ0) is 18.2. The Morgan fingerprint density at radius 1 is 1.12 bits per heavy atom. The second-order valence-electron chi connectivity index (χ2n) is 5.88. The number of aromatic nitrogens is 1. The van der Waals surface area contributed by atoms with Crippen LogP contribution in [-0.2, 0) is 13.0 Å². The van der Waals surface area contributed by atoms with Crippen molar-refractivity contribution in [2.24, 2.45) is 0 Å². The number of carbonyl (C=O) groups is 1. The zero-order valence-corrected chi connectivity index (χ0v) is 13.5. The van der Waals surface area contributed by atoms with E-state index in [1.165, 1.54) is 0 Å². The van der Waals surface area contributed by atoms with Crippen LogP contribution in [0.1, 0.15) is 22.8 Å². The molecule has 0 fully saturated rings. The molecule has 25 heavy (non-hydrogen) atoms. The van der Waals surface area contributed by atoms with Gasteiger partial charge in [-0.2, -0.15) is 13.2 Å². The lowest BCUT2D eigenvalue weighted by Crippen LogP contribution is -2.16. The van der Waals surface area contributed by atoms with Crippen molar-refractivity contribution >= 4 is 16.9 Å². The largest absolute Gasteiger partial charge is 0.478 e. The van der Waals surface area contributed by atoms with Gasteiger partial charge in [0.2, 0.25) is 0 Å². The SMILES string of the molecule is CCc1cccc(-c2ccc3c(C(=O)O)cn(CC(F)(F)F)c3c2)c1. The average molecular weight is 347 g/mol. The number of nitrogens with zero attached hydrogens (tertiary/aromatic N) is 1. The molecule has 0 spiro atoms. The Bertz CT molecular complexity index is 941. The Labute approximate surface area is 142 Å². The van der Waals surface area contributed by atoms with E-state index < -0.39 is 18.7 Å². The van der Waals surface area contributed by atoms with Crippen LogP contribution < -0.4 is 0 Å². The third kappa shape index (κ3) is 3.52. The summed E-state index contributed by atoms with van der Waals surface area (Å²) >= 11 is 0. The highest BCUT2D eigenvalue weighted by atomic mass is 19.4. The Kier molecular flexibility index (Phi) is 4.29. The van der Waals surface area contributed by atoms with Crippen molar-refractivity contribution in [3.05, 3.63) is 59.8 Å². The highest BCUT2D eigenvalue weighted by molar-refractivity contribution is 6.04. The van der Waals surface area contributed by atoms with E-state index in [-0.39, 0.29) is 11.1 Å². The van der Waals surface area contributed by atoms with E-state index in [4.69, 9.17) is 0 Å². The van der Waals surface area contributed by atoms with Crippen molar-refractivity contribution in [2.45, 2.75) is 26.1 Å². The van der Waals surface area contributed by atoms with Crippen LogP contribution in [0.3, 0.4) is 0 Å². The second-order valence-corrected chi connectivity index (χ2v) is 5.88. The number of rotatable bonds is 4. The molecule has 6 heteroatoms. The number of hydrogen-bond acceptors (Lipinski definition) is 1. The summed E-state index contributed by atoms with van der Waals surface area (Å²) in [6.45, 7) is 0.797. The third-order valence-electron chi connectivity index (χ3n) is 4.13. The fourth-order valence-corrected chi connectivity index (χ4v) is 2.94. The van der Waals surface area contributed by atoms with Crippen LogP contribution in [0.4, 0.5) is 13.2 Å². The third-order valence-corrected chi connectivity index (χ3v) is 4.13. The number of benzene rings is 2. The summed E-state index contributed by atoms with van der Waals surface area (Å²) in [6, 6.07) is 12.7. The summed E-state index contributed by atoms with van der Waals surface area (Å²) < 4.78 is 39.5. The molecule has 0 unspecified atom stereocenters. The first-order valence-corrected chi connectivity index (χ1v) is 7.81. The van der Waals surface area contributed by atoms with E-state index in [2.05, 4.69) is 0 Å². The minimum absolute atomic E-state index is 0.131. The summed E-state index contributed by atoms with van der Waals surface area (Å²) in [4.78, 5) is 11.3. The van der Waals surface area contributed by atoms with Crippen LogP contribution >= 0.6 is 0 Å². The van der Waals surface area contributed by atoms with Gasteiger partial charge in [-0.05, 0) is 29.2 Å². The summed E-state index contributed by atoms with van der Waals surface area (Å²) in [7, 11) is 0. The van der Waals surface area contributed by atoms with Crippen molar-refractivity contribution in [3.8, 4) is 11.1 Å². The molecule has 3 aromatic rings. The van der Waals surface area contributed by atoms with E-state index >= 15 is 0 Å². The standard InChI is InChI=1S/C19H16F3NO2/c1-2-12-4-3-5-13(8-12)14-6-7-15-16(18(24)25)10-23(17(15)9-14)11-19(20,21)22/h3-10H,2,11H2,1H3,(H,24,25). The summed E-state index contributed by atoms with van der Waals surface area (Å²) in [6.07, 6.45) is -2.53. The van der Waals surface area contributed by atoms with Gasteiger partial charge in [0.25, 0.3) is 0 Å².